The Labute approximate surface area is 183 Å². The van der Waals surface area contributed by atoms with Gasteiger partial charge >= 0.3 is 0 Å². The molecule has 10 heteroatoms. The number of halogens is 3. The van der Waals surface area contributed by atoms with E-state index in [1.807, 2.05) is 12.1 Å². The zero-order chi connectivity index (χ0) is 22.0. The van der Waals surface area contributed by atoms with Crippen molar-refractivity contribution in [3.63, 3.8) is 0 Å². The second-order valence-electron chi connectivity index (χ2n) is 7.68. The summed E-state index contributed by atoms with van der Waals surface area (Å²) in [5, 5.41) is 21.5. The minimum absolute atomic E-state index is 0.101. The molecule has 1 aliphatic carbocycles. The lowest BCUT2D eigenvalue weighted by Gasteiger charge is -2.34. The predicted octanol–water partition coefficient (Wildman–Crippen LogP) is 3.67. The maximum absolute atomic E-state index is 12.9. The molecule has 0 atom stereocenters. The van der Waals surface area contributed by atoms with E-state index >= 15 is 0 Å². The SMILES string of the molecule is N#CCNc1nc(Cl)c(C#N)c2c1CCN(Cc1ccc(OC3CC(F)(F)C3)nc1)C2. The summed E-state index contributed by atoms with van der Waals surface area (Å²) < 4.78 is 31.3. The molecule has 31 heavy (non-hydrogen) atoms. The van der Waals surface area contributed by atoms with Crippen molar-refractivity contribution in [1.29, 1.82) is 10.5 Å². The van der Waals surface area contributed by atoms with Crippen LogP contribution in [-0.4, -0.2) is 40.0 Å². The quantitative estimate of drug-likeness (QED) is 0.536. The van der Waals surface area contributed by atoms with Gasteiger partial charge in [0, 0.05) is 50.3 Å². The van der Waals surface area contributed by atoms with E-state index in [4.69, 9.17) is 21.6 Å². The normalized spacial score (nSPS) is 17.7. The zero-order valence-corrected chi connectivity index (χ0v) is 17.3. The molecular formula is C21H19ClF2N6O. The highest BCUT2D eigenvalue weighted by molar-refractivity contribution is 6.30. The van der Waals surface area contributed by atoms with Crippen LogP contribution in [0.1, 0.15) is 35.1 Å². The number of ether oxygens (including phenoxy) is 1. The second kappa shape index (κ2) is 8.62. The fourth-order valence-corrected chi connectivity index (χ4v) is 4.11. The highest BCUT2D eigenvalue weighted by atomic mass is 35.5. The molecule has 2 aromatic heterocycles. The van der Waals surface area contributed by atoms with Crippen molar-refractivity contribution in [2.24, 2.45) is 0 Å². The van der Waals surface area contributed by atoms with Crippen molar-refractivity contribution in [2.45, 2.75) is 44.4 Å². The van der Waals surface area contributed by atoms with Crippen molar-refractivity contribution in [3.8, 4) is 18.0 Å². The molecule has 0 spiro atoms. The summed E-state index contributed by atoms with van der Waals surface area (Å²) in [5.74, 6) is -1.74. The number of rotatable bonds is 6. The first-order valence-electron chi connectivity index (χ1n) is 9.82. The van der Waals surface area contributed by atoms with Gasteiger partial charge in [0.2, 0.25) is 5.88 Å². The van der Waals surface area contributed by atoms with Crippen molar-refractivity contribution in [2.75, 3.05) is 18.4 Å². The number of nitrogens with zero attached hydrogens (tertiary/aromatic N) is 5. The number of hydrogen-bond acceptors (Lipinski definition) is 7. The van der Waals surface area contributed by atoms with Crippen LogP contribution in [-0.2, 0) is 19.5 Å². The van der Waals surface area contributed by atoms with Gasteiger partial charge in [-0.05, 0) is 17.5 Å². The average molecular weight is 445 g/mol. The van der Waals surface area contributed by atoms with Crippen molar-refractivity contribution in [1.82, 2.24) is 14.9 Å². The van der Waals surface area contributed by atoms with Crippen LogP contribution in [0, 0.1) is 22.7 Å². The molecule has 4 rings (SSSR count). The predicted molar refractivity (Wildman–Crippen MR) is 109 cm³/mol. The number of pyridine rings is 2. The van der Waals surface area contributed by atoms with Gasteiger partial charge in [0.25, 0.3) is 5.92 Å². The lowest BCUT2D eigenvalue weighted by molar-refractivity contribution is -0.135. The summed E-state index contributed by atoms with van der Waals surface area (Å²) >= 11 is 6.20. The Morgan fingerprint density at radius 3 is 2.74 bits per heavy atom. The Morgan fingerprint density at radius 1 is 1.29 bits per heavy atom. The van der Waals surface area contributed by atoms with Crippen molar-refractivity contribution < 1.29 is 13.5 Å². The fourth-order valence-electron chi connectivity index (χ4n) is 3.87. The third kappa shape index (κ3) is 4.68. The molecule has 1 fully saturated rings. The molecule has 1 saturated carbocycles. The van der Waals surface area contributed by atoms with Gasteiger partial charge < -0.3 is 10.1 Å². The largest absolute Gasteiger partial charge is 0.474 e. The number of alkyl halides is 2. The van der Waals surface area contributed by atoms with Gasteiger partial charge in [0.05, 0.1) is 11.6 Å². The summed E-state index contributed by atoms with van der Waals surface area (Å²) in [5.41, 5.74) is 3.01. The van der Waals surface area contributed by atoms with E-state index in [9.17, 15) is 14.0 Å². The van der Waals surface area contributed by atoms with E-state index < -0.39 is 12.0 Å². The summed E-state index contributed by atoms with van der Waals surface area (Å²) in [4.78, 5) is 10.6. The van der Waals surface area contributed by atoms with Crippen LogP contribution in [0.3, 0.4) is 0 Å². The average Bonchev–Trinajstić information content (AvgIpc) is 2.72. The third-order valence-corrected chi connectivity index (χ3v) is 5.69. The summed E-state index contributed by atoms with van der Waals surface area (Å²) in [6.45, 7) is 1.94. The van der Waals surface area contributed by atoms with Crippen LogP contribution in [0.2, 0.25) is 5.15 Å². The topological polar surface area (TPSA) is 97.9 Å². The van der Waals surface area contributed by atoms with Crippen molar-refractivity contribution >= 4 is 17.4 Å². The lowest BCUT2D eigenvalue weighted by Crippen LogP contribution is -2.43. The first-order valence-corrected chi connectivity index (χ1v) is 10.2. The van der Waals surface area contributed by atoms with E-state index in [0.717, 1.165) is 23.2 Å². The van der Waals surface area contributed by atoms with E-state index in [0.29, 0.717) is 36.8 Å². The Morgan fingerprint density at radius 2 is 2.10 bits per heavy atom. The molecular weight excluding hydrogens is 426 g/mol. The summed E-state index contributed by atoms with van der Waals surface area (Å²) in [6.07, 6.45) is 1.30. The summed E-state index contributed by atoms with van der Waals surface area (Å²) in [7, 11) is 0. The van der Waals surface area contributed by atoms with Gasteiger partial charge in [0.1, 0.15) is 29.7 Å². The molecule has 2 aliphatic rings. The van der Waals surface area contributed by atoms with Gasteiger partial charge in [-0.15, -0.1) is 0 Å². The number of nitriles is 2. The maximum atomic E-state index is 12.9. The molecule has 7 nitrogen and oxygen atoms in total. The van der Waals surface area contributed by atoms with Gasteiger partial charge in [0.15, 0.2) is 0 Å². The molecule has 1 N–H and O–H groups in total. The zero-order valence-electron chi connectivity index (χ0n) is 16.5. The molecule has 0 aromatic carbocycles. The molecule has 1 aliphatic heterocycles. The highest BCUT2D eigenvalue weighted by Crippen LogP contribution is 2.39. The Hall–Kier alpha value is -3.01. The lowest BCUT2D eigenvalue weighted by atomic mass is 9.91. The molecule has 2 aromatic rings. The number of anilines is 1. The molecule has 0 bridgehead atoms. The number of nitrogens with one attached hydrogen (secondary N) is 1. The fraction of sp³-hybridized carbons (Fsp3) is 0.429. The van der Waals surface area contributed by atoms with Crippen LogP contribution in [0.25, 0.3) is 0 Å². The third-order valence-electron chi connectivity index (χ3n) is 5.42. The number of aromatic nitrogens is 2. The van der Waals surface area contributed by atoms with Crippen molar-refractivity contribution in [3.05, 3.63) is 45.7 Å². The Balaban J connectivity index is 1.44. The van der Waals surface area contributed by atoms with E-state index in [-0.39, 0.29) is 24.5 Å². The first-order chi connectivity index (χ1) is 14.9. The monoisotopic (exact) mass is 444 g/mol. The minimum Gasteiger partial charge on any atom is -0.474 e. The standard InChI is InChI=1S/C21H19ClF2N6O/c22-19-16(9-26)17-12-30(6-3-15(17)20(29-19)27-5-4-25)11-13-1-2-18(28-10-13)31-14-7-21(23,24)8-14/h1-2,10,14H,3,5-8,11-12H2,(H,27,29). The number of hydrogen-bond donors (Lipinski definition) is 1. The smallest absolute Gasteiger partial charge is 0.255 e. The first kappa shape index (κ1) is 21.2. The van der Waals surface area contributed by atoms with Gasteiger partial charge in [-0.25, -0.2) is 18.7 Å². The molecule has 3 heterocycles. The highest BCUT2D eigenvalue weighted by Gasteiger charge is 2.47. The number of fused-ring (bicyclic) bond motifs is 1. The van der Waals surface area contributed by atoms with Crippen LogP contribution in [0.5, 0.6) is 5.88 Å². The molecule has 0 unspecified atom stereocenters. The van der Waals surface area contributed by atoms with Crippen LogP contribution >= 0.6 is 11.6 Å². The van der Waals surface area contributed by atoms with Gasteiger partial charge in [-0.2, -0.15) is 10.5 Å². The maximum Gasteiger partial charge on any atom is 0.255 e. The van der Waals surface area contributed by atoms with E-state index in [1.54, 1.807) is 12.3 Å². The van der Waals surface area contributed by atoms with Crippen LogP contribution in [0.4, 0.5) is 14.6 Å². The van der Waals surface area contributed by atoms with Crippen LogP contribution < -0.4 is 10.1 Å². The van der Waals surface area contributed by atoms with E-state index in [2.05, 4.69) is 26.3 Å². The molecule has 0 saturated heterocycles. The van der Waals surface area contributed by atoms with Gasteiger partial charge in [-0.3, -0.25) is 4.90 Å². The molecule has 160 valence electrons. The molecule has 0 radical (unpaired) electrons. The Kier molecular flexibility index (Phi) is 5.90. The summed E-state index contributed by atoms with van der Waals surface area (Å²) in [6, 6.07) is 7.70. The molecule has 0 amide bonds. The van der Waals surface area contributed by atoms with Gasteiger partial charge in [-0.1, -0.05) is 17.7 Å². The van der Waals surface area contributed by atoms with Crippen LogP contribution in [0.15, 0.2) is 18.3 Å². The Bertz CT molecular complexity index is 1060. The minimum atomic E-state index is -2.63. The second-order valence-corrected chi connectivity index (χ2v) is 8.03. The van der Waals surface area contributed by atoms with E-state index in [1.165, 1.54) is 0 Å².